The van der Waals surface area contributed by atoms with Crippen LogP contribution in [0.2, 0.25) is 5.02 Å². The van der Waals surface area contributed by atoms with Crippen molar-refractivity contribution in [1.29, 1.82) is 0 Å². The standard InChI is InChI=1S/C15H12ClFN2S/c16-12-8-10(4-5-13(12)17)14(19-18)11-3-1-2-9-6-7-20-15(9)11/h1-8,14,19H,18H2. The van der Waals surface area contributed by atoms with Gasteiger partial charge < -0.3 is 0 Å². The summed E-state index contributed by atoms with van der Waals surface area (Å²) < 4.78 is 14.5. The predicted octanol–water partition coefficient (Wildman–Crippen LogP) is 4.25. The zero-order valence-corrected chi connectivity index (χ0v) is 12.0. The molecule has 0 saturated carbocycles. The Balaban J connectivity index is 2.13. The number of halogens is 2. The van der Waals surface area contributed by atoms with Gasteiger partial charge in [0.05, 0.1) is 11.1 Å². The van der Waals surface area contributed by atoms with Crippen LogP contribution in [0.5, 0.6) is 0 Å². The van der Waals surface area contributed by atoms with Crippen molar-refractivity contribution in [2.24, 2.45) is 5.84 Å². The fourth-order valence-electron chi connectivity index (χ4n) is 2.30. The first kappa shape index (κ1) is 13.5. The summed E-state index contributed by atoms with van der Waals surface area (Å²) in [6.07, 6.45) is 0. The highest BCUT2D eigenvalue weighted by atomic mass is 35.5. The Morgan fingerprint density at radius 3 is 2.80 bits per heavy atom. The quantitative estimate of drug-likeness (QED) is 0.561. The van der Waals surface area contributed by atoms with Crippen LogP contribution in [0, 0.1) is 5.82 Å². The molecule has 1 unspecified atom stereocenters. The highest BCUT2D eigenvalue weighted by Crippen LogP contribution is 2.33. The van der Waals surface area contributed by atoms with Gasteiger partial charge in [-0.05, 0) is 40.1 Å². The van der Waals surface area contributed by atoms with Crippen LogP contribution in [-0.2, 0) is 0 Å². The largest absolute Gasteiger partial charge is 0.271 e. The fourth-order valence-corrected chi connectivity index (χ4v) is 3.43. The summed E-state index contributed by atoms with van der Waals surface area (Å²) in [5, 5.41) is 3.31. The van der Waals surface area contributed by atoms with Gasteiger partial charge in [0, 0.05) is 4.70 Å². The third-order valence-corrected chi connectivity index (χ3v) is 4.53. The molecule has 0 aliphatic rings. The van der Waals surface area contributed by atoms with Crippen LogP contribution in [0.25, 0.3) is 10.1 Å². The molecule has 1 heterocycles. The molecule has 0 bridgehead atoms. The molecule has 3 aromatic rings. The number of hydrogen-bond acceptors (Lipinski definition) is 3. The van der Waals surface area contributed by atoms with E-state index in [4.69, 9.17) is 17.4 Å². The molecule has 3 rings (SSSR count). The van der Waals surface area contributed by atoms with Gasteiger partial charge in [-0.3, -0.25) is 5.84 Å². The lowest BCUT2D eigenvalue weighted by atomic mass is 9.98. The van der Waals surface area contributed by atoms with Crippen molar-refractivity contribution in [3.05, 3.63) is 69.8 Å². The summed E-state index contributed by atoms with van der Waals surface area (Å²) in [5.41, 5.74) is 4.68. The summed E-state index contributed by atoms with van der Waals surface area (Å²) in [4.78, 5) is 0. The van der Waals surface area contributed by atoms with Crippen LogP contribution < -0.4 is 11.3 Å². The second kappa shape index (κ2) is 5.50. The SMILES string of the molecule is NNC(c1ccc(F)c(Cl)c1)c1cccc2ccsc12. The van der Waals surface area contributed by atoms with Crippen molar-refractivity contribution >= 4 is 33.0 Å². The minimum absolute atomic E-state index is 0.0982. The summed E-state index contributed by atoms with van der Waals surface area (Å²) in [5.74, 6) is 5.27. The number of hydrazine groups is 1. The lowest BCUT2D eigenvalue weighted by Gasteiger charge is -2.18. The van der Waals surface area contributed by atoms with E-state index in [0.717, 1.165) is 15.8 Å². The van der Waals surface area contributed by atoms with Crippen LogP contribution in [0.15, 0.2) is 47.8 Å². The molecule has 0 saturated heterocycles. The second-order valence-electron chi connectivity index (χ2n) is 4.46. The molecule has 102 valence electrons. The predicted molar refractivity (Wildman–Crippen MR) is 82.4 cm³/mol. The average Bonchev–Trinajstić information content (AvgIpc) is 2.93. The number of hydrogen-bond donors (Lipinski definition) is 2. The molecule has 1 aromatic heterocycles. The van der Waals surface area contributed by atoms with E-state index in [1.807, 2.05) is 17.5 Å². The van der Waals surface area contributed by atoms with Crippen molar-refractivity contribution in [1.82, 2.24) is 5.43 Å². The molecule has 0 amide bonds. The van der Waals surface area contributed by atoms with Crippen molar-refractivity contribution < 1.29 is 4.39 Å². The maximum absolute atomic E-state index is 13.3. The number of thiophene rings is 1. The van der Waals surface area contributed by atoms with Crippen LogP contribution >= 0.6 is 22.9 Å². The molecule has 0 radical (unpaired) electrons. The molecule has 2 aromatic carbocycles. The summed E-state index contributed by atoms with van der Waals surface area (Å²) >= 11 is 7.52. The van der Waals surface area contributed by atoms with Gasteiger partial charge >= 0.3 is 0 Å². The maximum atomic E-state index is 13.3. The number of nitrogens with one attached hydrogen (secondary N) is 1. The Hall–Kier alpha value is -1.46. The smallest absolute Gasteiger partial charge is 0.141 e. The van der Waals surface area contributed by atoms with Gasteiger partial charge in [0.25, 0.3) is 0 Å². The summed E-state index contributed by atoms with van der Waals surface area (Å²) in [6, 6.07) is 12.5. The first-order valence-corrected chi connectivity index (χ1v) is 7.33. The van der Waals surface area contributed by atoms with E-state index in [2.05, 4.69) is 17.6 Å². The molecular weight excluding hydrogens is 295 g/mol. The van der Waals surface area contributed by atoms with Gasteiger partial charge in [-0.1, -0.05) is 35.9 Å². The zero-order chi connectivity index (χ0) is 14.1. The Morgan fingerprint density at radius 1 is 1.20 bits per heavy atom. The molecule has 2 nitrogen and oxygen atoms in total. The number of benzene rings is 2. The normalized spacial score (nSPS) is 12.8. The van der Waals surface area contributed by atoms with E-state index in [9.17, 15) is 4.39 Å². The van der Waals surface area contributed by atoms with Gasteiger partial charge in [-0.25, -0.2) is 9.82 Å². The Morgan fingerprint density at radius 2 is 2.05 bits per heavy atom. The molecular formula is C15H12ClFN2S. The Labute approximate surface area is 125 Å². The number of rotatable bonds is 3. The molecule has 0 aliphatic heterocycles. The monoisotopic (exact) mass is 306 g/mol. The van der Waals surface area contributed by atoms with E-state index < -0.39 is 5.82 Å². The van der Waals surface area contributed by atoms with Gasteiger partial charge in [-0.2, -0.15) is 0 Å². The number of fused-ring (bicyclic) bond motifs is 1. The lowest BCUT2D eigenvalue weighted by molar-refractivity contribution is 0.617. The zero-order valence-electron chi connectivity index (χ0n) is 10.4. The minimum atomic E-state index is -0.430. The average molecular weight is 307 g/mol. The van der Waals surface area contributed by atoms with E-state index in [1.54, 1.807) is 23.5 Å². The molecule has 3 N–H and O–H groups in total. The van der Waals surface area contributed by atoms with Gasteiger partial charge in [0.1, 0.15) is 5.82 Å². The van der Waals surface area contributed by atoms with Gasteiger partial charge in [-0.15, -0.1) is 11.3 Å². The third kappa shape index (κ3) is 2.31. The van der Waals surface area contributed by atoms with Crippen LogP contribution in [0.4, 0.5) is 4.39 Å². The van der Waals surface area contributed by atoms with Crippen molar-refractivity contribution in [3.63, 3.8) is 0 Å². The van der Waals surface area contributed by atoms with Gasteiger partial charge in [0.15, 0.2) is 0 Å². The molecule has 0 aliphatic carbocycles. The number of nitrogens with two attached hydrogens (primary N) is 1. The minimum Gasteiger partial charge on any atom is -0.271 e. The lowest BCUT2D eigenvalue weighted by Crippen LogP contribution is -2.28. The molecule has 20 heavy (non-hydrogen) atoms. The molecule has 0 fully saturated rings. The summed E-state index contributed by atoms with van der Waals surface area (Å²) in [7, 11) is 0. The molecule has 1 atom stereocenters. The highest BCUT2D eigenvalue weighted by Gasteiger charge is 2.17. The van der Waals surface area contributed by atoms with E-state index in [-0.39, 0.29) is 11.1 Å². The van der Waals surface area contributed by atoms with E-state index >= 15 is 0 Å². The molecule has 5 heteroatoms. The third-order valence-electron chi connectivity index (χ3n) is 3.26. The second-order valence-corrected chi connectivity index (χ2v) is 5.78. The fraction of sp³-hybridized carbons (Fsp3) is 0.0667. The van der Waals surface area contributed by atoms with Crippen LogP contribution in [0.1, 0.15) is 17.2 Å². The van der Waals surface area contributed by atoms with Crippen molar-refractivity contribution in [2.75, 3.05) is 0 Å². The molecule has 0 spiro atoms. The highest BCUT2D eigenvalue weighted by molar-refractivity contribution is 7.17. The van der Waals surface area contributed by atoms with Crippen LogP contribution in [0.3, 0.4) is 0 Å². The van der Waals surface area contributed by atoms with E-state index in [1.165, 1.54) is 11.5 Å². The first-order valence-electron chi connectivity index (χ1n) is 6.08. The Kier molecular flexibility index (Phi) is 3.72. The van der Waals surface area contributed by atoms with E-state index in [0.29, 0.717) is 0 Å². The topological polar surface area (TPSA) is 38.0 Å². The van der Waals surface area contributed by atoms with Crippen LogP contribution in [-0.4, -0.2) is 0 Å². The Bertz CT molecular complexity index is 756. The summed E-state index contributed by atoms with van der Waals surface area (Å²) in [6.45, 7) is 0. The van der Waals surface area contributed by atoms with Crippen molar-refractivity contribution in [3.8, 4) is 0 Å². The van der Waals surface area contributed by atoms with Gasteiger partial charge in [0.2, 0.25) is 0 Å². The first-order chi connectivity index (χ1) is 9.70. The maximum Gasteiger partial charge on any atom is 0.141 e. The van der Waals surface area contributed by atoms with Crippen molar-refractivity contribution in [2.45, 2.75) is 6.04 Å².